The first-order valence-electron chi connectivity index (χ1n) is 2.27. The van der Waals surface area contributed by atoms with Gasteiger partial charge in [0.05, 0.1) is 0 Å². The van der Waals surface area contributed by atoms with Crippen molar-refractivity contribution in [3.63, 3.8) is 0 Å². The molecule has 1 aromatic heterocycles. The van der Waals surface area contributed by atoms with Crippen LogP contribution in [-0.4, -0.2) is 4.98 Å². The molecule has 0 amide bonds. The highest BCUT2D eigenvalue weighted by Gasteiger charge is 1.83. The molecule has 2 heteroatoms. The minimum atomic E-state index is 0.463. The molecule has 1 aromatic rings. The smallest absolute Gasteiger partial charge is 0.123 e. The monoisotopic (exact) mass is 106 g/mol. The molecule has 0 saturated heterocycles. The van der Waals surface area contributed by atoms with Crippen LogP contribution in [0, 0.1) is 6.92 Å². The van der Waals surface area contributed by atoms with E-state index in [9.17, 15) is 0 Å². The highest BCUT2D eigenvalue weighted by Crippen LogP contribution is 1.96. The van der Waals surface area contributed by atoms with Gasteiger partial charge in [0.15, 0.2) is 0 Å². The first-order valence-corrected chi connectivity index (χ1v) is 2.27. The standard InChI is InChI=1S/C6H6N2/c1-5-3-2-4-6(7)8-5/h1-4H,(H2,7,8). The molecule has 8 heavy (non-hydrogen) atoms. The van der Waals surface area contributed by atoms with Crippen molar-refractivity contribution < 1.29 is 0 Å². The summed E-state index contributed by atoms with van der Waals surface area (Å²) in [5, 5.41) is 0. The number of rotatable bonds is 0. The van der Waals surface area contributed by atoms with Crippen LogP contribution in [-0.2, 0) is 0 Å². The first-order chi connectivity index (χ1) is 3.79. The second-order valence-electron chi connectivity index (χ2n) is 1.49. The van der Waals surface area contributed by atoms with Gasteiger partial charge in [-0.1, -0.05) is 6.07 Å². The van der Waals surface area contributed by atoms with E-state index in [1.807, 2.05) is 0 Å². The number of hydrogen-bond acceptors (Lipinski definition) is 2. The summed E-state index contributed by atoms with van der Waals surface area (Å²) in [4.78, 5) is 3.73. The van der Waals surface area contributed by atoms with E-state index >= 15 is 0 Å². The number of anilines is 1. The summed E-state index contributed by atoms with van der Waals surface area (Å²) in [6.07, 6.45) is 0. The van der Waals surface area contributed by atoms with Crippen LogP contribution in [0.25, 0.3) is 0 Å². The van der Waals surface area contributed by atoms with Gasteiger partial charge in [-0.3, -0.25) is 0 Å². The van der Waals surface area contributed by atoms with Gasteiger partial charge in [-0.05, 0) is 12.1 Å². The Morgan fingerprint density at radius 3 is 2.62 bits per heavy atom. The summed E-state index contributed by atoms with van der Waals surface area (Å²) in [6.45, 7) is 5.27. The zero-order valence-corrected chi connectivity index (χ0v) is 4.33. The zero-order chi connectivity index (χ0) is 5.98. The molecule has 2 radical (unpaired) electrons. The van der Waals surface area contributed by atoms with Crippen LogP contribution in [0.1, 0.15) is 5.69 Å². The maximum atomic E-state index is 5.27. The lowest BCUT2D eigenvalue weighted by Crippen LogP contribution is -1.89. The van der Waals surface area contributed by atoms with Crippen LogP contribution < -0.4 is 5.73 Å². The minimum absolute atomic E-state index is 0.463. The normalized spacial score (nSPS) is 9.12. The molecule has 0 aliphatic carbocycles. The molecule has 2 N–H and O–H groups in total. The van der Waals surface area contributed by atoms with Gasteiger partial charge in [0, 0.05) is 12.6 Å². The van der Waals surface area contributed by atoms with E-state index in [0.29, 0.717) is 11.5 Å². The highest BCUT2D eigenvalue weighted by molar-refractivity contribution is 5.29. The Labute approximate surface area is 48.4 Å². The van der Waals surface area contributed by atoms with Crippen molar-refractivity contribution in [2.75, 3.05) is 5.73 Å². The zero-order valence-electron chi connectivity index (χ0n) is 4.33. The molecule has 0 fully saturated rings. The van der Waals surface area contributed by atoms with Crippen molar-refractivity contribution in [1.29, 1.82) is 0 Å². The number of nitrogens with two attached hydrogens (primary N) is 1. The quantitative estimate of drug-likeness (QED) is 0.529. The number of pyridine rings is 1. The topological polar surface area (TPSA) is 38.9 Å². The van der Waals surface area contributed by atoms with Crippen LogP contribution in [0.2, 0.25) is 0 Å². The summed E-state index contributed by atoms with van der Waals surface area (Å²) in [7, 11) is 0. The highest BCUT2D eigenvalue weighted by atomic mass is 14.8. The predicted molar refractivity (Wildman–Crippen MR) is 32.1 cm³/mol. The average Bonchev–Trinajstić information content (AvgIpc) is 1.64. The molecule has 0 unspecified atom stereocenters. The molecule has 40 valence electrons. The van der Waals surface area contributed by atoms with Gasteiger partial charge < -0.3 is 5.73 Å². The van der Waals surface area contributed by atoms with Crippen LogP contribution in [0.4, 0.5) is 5.82 Å². The molecule has 1 heterocycles. The maximum absolute atomic E-state index is 5.27. The first kappa shape index (κ1) is 5.09. The van der Waals surface area contributed by atoms with Gasteiger partial charge in [-0.2, -0.15) is 0 Å². The third-order valence-electron chi connectivity index (χ3n) is 0.792. The van der Waals surface area contributed by atoms with Gasteiger partial charge in [0.2, 0.25) is 0 Å². The van der Waals surface area contributed by atoms with E-state index in [2.05, 4.69) is 4.98 Å². The Morgan fingerprint density at radius 2 is 2.25 bits per heavy atom. The van der Waals surface area contributed by atoms with Crippen LogP contribution in [0.15, 0.2) is 18.2 Å². The summed E-state index contributed by atoms with van der Waals surface area (Å²) < 4.78 is 0. The molecule has 0 bridgehead atoms. The molecule has 0 saturated carbocycles. The third kappa shape index (κ3) is 0.964. The molecular weight excluding hydrogens is 100 g/mol. The van der Waals surface area contributed by atoms with Crippen molar-refractivity contribution >= 4 is 5.82 Å². The summed E-state index contributed by atoms with van der Waals surface area (Å²) in [5.74, 6) is 0.463. The number of nitrogen functional groups attached to an aromatic ring is 1. The Kier molecular flexibility index (Phi) is 1.16. The molecule has 0 aliphatic heterocycles. The van der Waals surface area contributed by atoms with Crippen LogP contribution in [0.3, 0.4) is 0 Å². The Bertz CT molecular complexity index is 166. The molecule has 0 atom stereocenters. The SMILES string of the molecule is [CH]c1cccc(N)n1. The summed E-state index contributed by atoms with van der Waals surface area (Å²) >= 11 is 0. The summed E-state index contributed by atoms with van der Waals surface area (Å²) in [6, 6.07) is 5.14. The van der Waals surface area contributed by atoms with E-state index in [-0.39, 0.29) is 0 Å². The lowest BCUT2D eigenvalue weighted by molar-refractivity contribution is 1.28. The van der Waals surface area contributed by atoms with Crippen molar-refractivity contribution in [2.45, 2.75) is 0 Å². The Balaban J connectivity index is 3.08. The van der Waals surface area contributed by atoms with Crippen molar-refractivity contribution in [3.8, 4) is 0 Å². The second kappa shape index (κ2) is 1.82. The number of aromatic nitrogens is 1. The van der Waals surface area contributed by atoms with Crippen molar-refractivity contribution in [2.24, 2.45) is 0 Å². The average molecular weight is 106 g/mol. The molecule has 1 rings (SSSR count). The van der Waals surface area contributed by atoms with Gasteiger partial charge in [-0.15, -0.1) is 0 Å². The Morgan fingerprint density at radius 1 is 1.50 bits per heavy atom. The van der Waals surface area contributed by atoms with E-state index < -0.39 is 0 Å². The second-order valence-corrected chi connectivity index (χ2v) is 1.49. The number of hydrogen-bond donors (Lipinski definition) is 1. The van der Waals surface area contributed by atoms with Gasteiger partial charge in [0.1, 0.15) is 5.82 Å². The fourth-order valence-electron chi connectivity index (χ4n) is 0.469. The predicted octanol–water partition coefficient (Wildman–Crippen LogP) is 0.723. The summed E-state index contributed by atoms with van der Waals surface area (Å²) in [5.41, 5.74) is 5.73. The molecule has 0 aromatic carbocycles. The van der Waals surface area contributed by atoms with E-state index in [0.717, 1.165) is 0 Å². The van der Waals surface area contributed by atoms with Gasteiger partial charge in [-0.25, -0.2) is 4.98 Å². The molecule has 0 spiro atoms. The molecule has 2 nitrogen and oxygen atoms in total. The lowest BCUT2D eigenvalue weighted by Gasteiger charge is -1.89. The van der Waals surface area contributed by atoms with Gasteiger partial charge in [0.25, 0.3) is 0 Å². The van der Waals surface area contributed by atoms with Crippen LogP contribution >= 0.6 is 0 Å². The fraction of sp³-hybridized carbons (Fsp3) is 0. The van der Waals surface area contributed by atoms with E-state index in [4.69, 9.17) is 12.7 Å². The lowest BCUT2D eigenvalue weighted by atomic mass is 10.4. The minimum Gasteiger partial charge on any atom is -0.384 e. The van der Waals surface area contributed by atoms with Crippen molar-refractivity contribution in [1.82, 2.24) is 4.98 Å². The van der Waals surface area contributed by atoms with E-state index in [1.165, 1.54) is 0 Å². The number of nitrogens with zero attached hydrogens (tertiary/aromatic N) is 1. The fourth-order valence-corrected chi connectivity index (χ4v) is 0.469. The molecule has 0 aliphatic rings. The third-order valence-corrected chi connectivity index (χ3v) is 0.792. The van der Waals surface area contributed by atoms with Gasteiger partial charge >= 0.3 is 0 Å². The largest absolute Gasteiger partial charge is 0.384 e. The van der Waals surface area contributed by atoms with E-state index in [1.54, 1.807) is 18.2 Å². The Hall–Kier alpha value is -1.05. The van der Waals surface area contributed by atoms with Crippen LogP contribution in [0.5, 0.6) is 0 Å². The molecular formula is C6H6N2. The van der Waals surface area contributed by atoms with Crippen molar-refractivity contribution in [3.05, 3.63) is 30.8 Å². The maximum Gasteiger partial charge on any atom is 0.123 e.